The topological polar surface area (TPSA) is 95.5 Å². The largest absolute Gasteiger partial charge is 0.493 e. The summed E-state index contributed by atoms with van der Waals surface area (Å²) in [7, 11) is 7.74. The van der Waals surface area contributed by atoms with Gasteiger partial charge >= 0.3 is 0 Å². The van der Waals surface area contributed by atoms with Crippen LogP contribution in [0.25, 0.3) is 0 Å². The monoisotopic (exact) mass is 457 g/mol. The van der Waals surface area contributed by atoms with Crippen LogP contribution in [0.4, 0.5) is 0 Å². The standard InChI is InChI=1S/C25H31NO7/c1-29-20-11-10-17(13-21(20)30-2)12-19(27)8-6-7-9-24(28)26-16-18-14-22(31-3)25(33-5)23(15-18)32-4/h6-11,13-15,19,27H,12,16H2,1-5H3,(H,26,28)/b8-6+,9-7+/t19-/m0/s1. The number of benzene rings is 2. The van der Waals surface area contributed by atoms with Gasteiger partial charge in [0.15, 0.2) is 23.0 Å². The van der Waals surface area contributed by atoms with Crippen LogP contribution in [0.2, 0.25) is 0 Å². The summed E-state index contributed by atoms with van der Waals surface area (Å²) in [5.74, 6) is 2.49. The highest BCUT2D eigenvalue weighted by Crippen LogP contribution is 2.38. The Bertz CT molecular complexity index is 960. The van der Waals surface area contributed by atoms with Crippen molar-refractivity contribution in [2.45, 2.75) is 19.1 Å². The van der Waals surface area contributed by atoms with Gasteiger partial charge in [-0.2, -0.15) is 0 Å². The Morgan fingerprint density at radius 2 is 1.45 bits per heavy atom. The molecule has 0 aliphatic carbocycles. The maximum absolute atomic E-state index is 12.1. The Balaban J connectivity index is 1.88. The van der Waals surface area contributed by atoms with Crippen LogP contribution >= 0.6 is 0 Å². The molecular formula is C25H31NO7. The fraction of sp³-hybridized carbons (Fsp3) is 0.320. The zero-order valence-electron chi connectivity index (χ0n) is 19.6. The van der Waals surface area contributed by atoms with E-state index in [4.69, 9.17) is 23.7 Å². The van der Waals surface area contributed by atoms with Crippen LogP contribution < -0.4 is 29.0 Å². The number of allylic oxidation sites excluding steroid dienone is 2. The van der Waals surface area contributed by atoms with Gasteiger partial charge in [0.2, 0.25) is 11.7 Å². The molecule has 0 heterocycles. The quantitative estimate of drug-likeness (QED) is 0.374. The Morgan fingerprint density at radius 1 is 0.848 bits per heavy atom. The number of aliphatic hydroxyl groups is 1. The second-order valence-electron chi connectivity index (χ2n) is 6.96. The third-order valence-electron chi connectivity index (χ3n) is 4.78. The highest BCUT2D eigenvalue weighted by atomic mass is 16.5. The van der Waals surface area contributed by atoms with E-state index in [9.17, 15) is 9.90 Å². The highest BCUT2D eigenvalue weighted by Gasteiger charge is 2.13. The molecule has 0 fully saturated rings. The van der Waals surface area contributed by atoms with Gasteiger partial charge in [-0.05, 0) is 35.4 Å². The summed E-state index contributed by atoms with van der Waals surface area (Å²) in [6.07, 6.45) is 5.89. The lowest BCUT2D eigenvalue weighted by Crippen LogP contribution is -2.20. The van der Waals surface area contributed by atoms with E-state index in [1.54, 1.807) is 50.6 Å². The number of aliphatic hydroxyl groups excluding tert-OH is 1. The highest BCUT2D eigenvalue weighted by molar-refractivity contribution is 5.87. The number of nitrogens with one attached hydrogen (secondary N) is 1. The molecule has 0 aromatic heterocycles. The van der Waals surface area contributed by atoms with Crippen molar-refractivity contribution in [2.24, 2.45) is 0 Å². The molecule has 0 unspecified atom stereocenters. The van der Waals surface area contributed by atoms with Crippen molar-refractivity contribution in [2.75, 3.05) is 35.5 Å². The molecule has 8 heteroatoms. The van der Waals surface area contributed by atoms with Gasteiger partial charge in [0.1, 0.15) is 0 Å². The fourth-order valence-electron chi connectivity index (χ4n) is 3.14. The third kappa shape index (κ3) is 7.47. The summed E-state index contributed by atoms with van der Waals surface area (Å²) in [5, 5.41) is 13.0. The SMILES string of the molecule is COc1ccc(C[C@@H](O)/C=C/C=C/C(=O)NCc2cc(OC)c(OC)c(OC)c2)cc1OC. The maximum Gasteiger partial charge on any atom is 0.244 e. The van der Waals surface area contributed by atoms with Crippen LogP contribution in [0.1, 0.15) is 11.1 Å². The predicted molar refractivity (Wildman–Crippen MR) is 125 cm³/mol. The van der Waals surface area contributed by atoms with Gasteiger partial charge in [-0.3, -0.25) is 4.79 Å². The van der Waals surface area contributed by atoms with Gasteiger partial charge in [0.05, 0.1) is 41.7 Å². The molecule has 0 spiro atoms. The molecular weight excluding hydrogens is 426 g/mol. The summed E-state index contributed by atoms with van der Waals surface area (Å²) in [5.41, 5.74) is 1.70. The van der Waals surface area contributed by atoms with Crippen molar-refractivity contribution in [1.82, 2.24) is 5.32 Å². The number of hydrogen-bond acceptors (Lipinski definition) is 7. The van der Waals surface area contributed by atoms with Gasteiger partial charge in [-0.1, -0.05) is 24.3 Å². The molecule has 2 aromatic rings. The van der Waals surface area contributed by atoms with Gasteiger partial charge < -0.3 is 34.1 Å². The van der Waals surface area contributed by atoms with Crippen LogP contribution in [-0.4, -0.2) is 52.7 Å². The van der Waals surface area contributed by atoms with Gasteiger partial charge in [0.25, 0.3) is 0 Å². The smallest absolute Gasteiger partial charge is 0.244 e. The molecule has 1 atom stereocenters. The van der Waals surface area contributed by atoms with Crippen molar-refractivity contribution in [1.29, 1.82) is 0 Å². The Morgan fingerprint density at radius 3 is 2.03 bits per heavy atom. The van der Waals surface area contributed by atoms with Crippen LogP contribution in [0.3, 0.4) is 0 Å². The average molecular weight is 458 g/mol. The van der Waals surface area contributed by atoms with Crippen molar-refractivity contribution in [3.63, 3.8) is 0 Å². The van der Waals surface area contributed by atoms with Gasteiger partial charge in [0, 0.05) is 19.0 Å². The molecule has 0 saturated carbocycles. The number of carbonyl (C=O) groups is 1. The van der Waals surface area contributed by atoms with Crippen LogP contribution in [0, 0.1) is 0 Å². The lowest BCUT2D eigenvalue weighted by Gasteiger charge is -2.14. The average Bonchev–Trinajstić information content (AvgIpc) is 2.84. The maximum atomic E-state index is 12.1. The molecule has 0 aliphatic heterocycles. The summed E-state index contributed by atoms with van der Waals surface area (Å²) < 4.78 is 26.4. The lowest BCUT2D eigenvalue weighted by atomic mass is 10.1. The molecule has 0 bridgehead atoms. The zero-order valence-corrected chi connectivity index (χ0v) is 19.6. The minimum atomic E-state index is -0.713. The lowest BCUT2D eigenvalue weighted by molar-refractivity contribution is -0.116. The van der Waals surface area contributed by atoms with Crippen LogP contribution in [0.5, 0.6) is 28.7 Å². The van der Waals surface area contributed by atoms with E-state index in [-0.39, 0.29) is 12.5 Å². The normalized spacial score (nSPS) is 11.9. The Hall–Kier alpha value is -3.65. The van der Waals surface area contributed by atoms with E-state index >= 15 is 0 Å². The number of hydrogen-bond donors (Lipinski definition) is 2. The molecule has 178 valence electrons. The minimum absolute atomic E-state index is 0.275. The first-order chi connectivity index (χ1) is 15.9. The second-order valence-corrected chi connectivity index (χ2v) is 6.96. The summed E-state index contributed by atoms with van der Waals surface area (Å²) in [6, 6.07) is 9.03. The van der Waals surface area contributed by atoms with Crippen LogP contribution in [-0.2, 0) is 17.8 Å². The number of amides is 1. The molecule has 2 N–H and O–H groups in total. The van der Waals surface area contributed by atoms with E-state index in [2.05, 4.69) is 5.32 Å². The summed E-state index contributed by atoms with van der Waals surface area (Å²) >= 11 is 0. The molecule has 33 heavy (non-hydrogen) atoms. The van der Waals surface area contributed by atoms with E-state index in [0.717, 1.165) is 11.1 Å². The molecule has 0 aliphatic rings. The van der Waals surface area contributed by atoms with E-state index < -0.39 is 6.10 Å². The summed E-state index contributed by atoms with van der Waals surface area (Å²) in [4.78, 5) is 12.1. The van der Waals surface area contributed by atoms with E-state index in [0.29, 0.717) is 35.2 Å². The number of methoxy groups -OCH3 is 5. The minimum Gasteiger partial charge on any atom is -0.493 e. The molecule has 2 aromatic carbocycles. The van der Waals surface area contributed by atoms with Crippen molar-refractivity contribution >= 4 is 5.91 Å². The van der Waals surface area contributed by atoms with Crippen molar-refractivity contribution < 1.29 is 33.6 Å². The third-order valence-corrected chi connectivity index (χ3v) is 4.78. The molecule has 1 amide bonds. The number of rotatable bonds is 12. The van der Waals surface area contributed by atoms with E-state index in [1.165, 1.54) is 27.4 Å². The number of ether oxygens (including phenoxy) is 5. The Labute approximate surface area is 194 Å². The summed E-state index contributed by atoms with van der Waals surface area (Å²) in [6.45, 7) is 0.283. The molecule has 8 nitrogen and oxygen atoms in total. The van der Waals surface area contributed by atoms with Crippen LogP contribution in [0.15, 0.2) is 54.6 Å². The number of carbonyl (C=O) groups excluding carboxylic acids is 1. The Kier molecular flexibility index (Phi) is 10.1. The first-order valence-corrected chi connectivity index (χ1v) is 10.3. The first kappa shape index (κ1) is 25.6. The molecule has 2 rings (SSSR count). The van der Waals surface area contributed by atoms with Gasteiger partial charge in [-0.15, -0.1) is 0 Å². The van der Waals surface area contributed by atoms with Gasteiger partial charge in [-0.25, -0.2) is 0 Å². The molecule has 0 saturated heterocycles. The fourth-order valence-corrected chi connectivity index (χ4v) is 3.14. The second kappa shape index (κ2) is 13.0. The van der Waals surface area contributed by atoms with Crippen molar-refractivity contribution in [3.05, 3.63) is 65.8 Å². The molecule has 0 radical (unpaired) electrons. The predicted octanol–water partition coefficient (Wildman–Crippen LogP) is 3.06. The van der Waals surface area contributed by atoms with E-state index in [1.807, 2.05) is 12.1 Å². The van der Waals surface area contributed by atoms with Crippen molar-refractivity contribution in [3.8, 4) is 28.7 Å². The first-order valence-electron chi connectivity index (χ1n) is 10.3. The zero-order chi connectivity index (χ0) is 24.2.